The van der Waals surface area contributed by atoms with E-state index in [0.717, 1.165) is 0 Å². The second kappa shape index (κ2) is 5.28. The van der Waals surface area contributed by atoms with Gasteiger partial charge in [-0.25, -0.2) is 0 Å². The molecule has 0 aliphatic heterocycles. The molecule has 0 aromatic heterocycles. The van der Waals surface area contributed by atoms with E-state index in [0.29, 0.717) is 21.7 Å². The van der Waals surface area contributed by atoms with Crippen LogP contribution in [0.15, 0.2) is 60.2 Å². The van der Waals surface area contributed by atoms with Crippen molar-refractivity contribution in [1.82, 2.24) is 0 Å². The Hall–Kier alpha value is -2.23. The number of halogens is 1. The maximum atomic E-state index is 12.5. The molecule has 1 aliphatic carbocycles. The van der Waals surface area contributed by atoms with Crippen molar-refractivity contribution in [3.63, 3.8) is 0 Å². The largest absolute Gasteiger partial charge is 0.383 e. The molecule has 0 fully saturated rings. The van der Waals surface area contributed by atoms with Gasteiger partial charge in [-0.3, -0.25) is 9.59 Å². The number of rotatable bonds is 2. The number of benzene rings is 2. The number of carbonyl (C=O) groups is 2. The van der Waals surface area contributed by atoms with E-state index in [-0.39, 0.29) is 17.1 Å². The van der Waals surface area contributed by atoms with Gasteiger partial charge < -0.3 is 5.11 Å². The summed E-state index contributed by atoms with van der Waals surface area (Å²) in [6.07, 6.45) is -0.0259. The average Bonchev–Trinajstić information content (AvgIpc) is 2.51. The Morgan fingerprint density at radius 2 is 1.52 bits per heavy atom. The van der Waals surface area contributed by atoms with Gasteiger partial charge in [0.15, 0.2) is 11.6 Å². The third-order valence-corrected chi connectivity index (χ3v) is 3.82. The summed E-state index contributed by atoms with van der Waals surface area (Å²) in [5.41, 5.74) is 1.13. The molecule has 4 heteroatoms. The van der Waals surface area contributed by atoms with Crippen LogP contribution >= 0.6 is 11.6 Å². The summed E-state index contributed by atoms with van der Waals surface area (Å²) in [5.74, 6) is -0.635. The smallest absolute Gasteiger partial charge is 0.192 e. The van der Waals surface area contributed by atoms with E-state index < -0.39 is 6.10 Å². The lowest BCUT2D eigenvalue weighted by atomic mass is 9.85. The molecule has 104 valence electrons. The van der Waals surface area contributed by atoms with Crippen molar-refractivity contribution in [2.75, 3.05) is 0 Å². The molecule has 0 amide bonds. The number of aliphatic hydroxyl groups is 1. The molecule has 3 nitrogen and oxygen atoms in total. The Morgan fingerprint density at radius 1 is 0.905 bits per heavy atom. The van der Waals surface area contributed by atoms with Gasteiger partial charge in [-0.15, -0.1) is 0 Å². The van der Waals surface area contributed by atoms with Crippen LogP contribution in [0.5, 0.6) is 0 Å². The topological polar surface area (TPSA) is 54.4 Å². The molecule has 2 aromatic carbocycles. The van der Waals surface area contributed by atoms with E-state index in [1.54, 1.807) is 48.5 Å². The zero-order valence-electron chi connectivity index (χ0n) is 10.9. The third kappa shape index (κ3) is 2.31. The van der Waals surface area contributed by atoms with Crippen molar-refractivity contribution in [3.05, 3.63) is 81.9 Å². The summed E-state index contributed by atoms with van der Waals surface area (Å²) in [4.78, 5) is 24.6. The Kier molecular flexibility index (Phi) is 3.45. The zero-order valence-corrected chi connectivity index (χ0v) is 11.7. The fourth-order valence-corrected chi connectivity index (χ4v) is 2.64. The van der Waals surface area contributed by atoms with Crippen molar-refractivity contribution >= 4 is 23.2 Å². The molecule has 0 saturated carbocycles. The van der Waals surface area contributed by atoms with Gasteiger partial charge in [-0.2, -0.15) is 0 Å². The van der Waals surface area contributed by atoms with E-state index in [2.05, 4.69) is 0 Å². The molecule has 3 rings (SSSR count). The van der Waals surface area contributed by atoms with Crippen LogP contribution in [0.3, 0.4) is 0 Å². The predicted molar refractivity (Wildman–Crippen MR) is 79.6 cm³/mol. The quantitative estimate of drug-likeness (QED) is 0.924. The molecule has 2 aromatic rings. The van der Waals surface area contributed by atoms with Crippen molar-refractivity contribution in [1.29, 1.82) is 0 Å². The minimum Gasteiger partial charge on any atom is -0.383 e. The number of ketones is 2. The van der Waals surface area contributed by atoms with Crippen LogP contribution in [0.1, 0.15) is 32.4 Å². The Bertz CT molecular complexity index is 777. The van der Waals surface area contributed by atoms with Crippen LogP contribution in [0, 0.1) is 0 Å². The zero-order chi connectivity index (χ0) is 15.0. The lowest BCUT2D eigenvalue weighted by molar-refractivity contribution is 0.0947. The molecular weight excluding hydrogens is 288 g/mol. The van der Waals surface area contributed by atoms with Crippen LogP contribution in [0.25, 0.3) is 0 Å². The van der Waals surface area contributed by atoms with E-state index in [1.165, 1.54) is 6.08 Å². The predicted octanol–water partition coefficient (Wildman–Crippen LogP) is 3.38. The molecule has 1 N–H and O–H groups in total. The minimum absolute atomic E-state index is 0.0480. The van der Waals surface area contributed by atoms with Crippen LogP contribution in [0.2, 0.25) is 5.02 Å². The monoisotopic (exact) mass is 298 g/mol. The van der Waals surface area contributed by atoms with Gasteiger partial charge in [0.2, 0.25) is 0 Å². The van der Waals surface area contributed by atoms with Crippen LogP contribution < -0.4 is 0 Å². The number of fused-ring (bicyclic) bond motifs is 1. The molecule has 0 heterocycles. The number of aliphatic hydroxyl groups excluding tert-OH is 1. The number of allylic oxidation sites excluding steroid dienone is 1. The summed E-state index contributed by atoms with van der Waals surface area (Å²) < 4.78 is 0. The highest BCUT2D eigenvalue weighted by atomic mass is 35.5. The molecule has 0 unspecified atom stereocenters. The van der Waals surface area contributed by atoms with E-state index in [1.807, 2.05) is 0 Å². The summed E-state index contributed by atoms with van der Waals surface area (Å²) in [7, 11) is 0. The lowest BCUT2D eigenvalue weighted by Gasteiger charge is -2.20. The van der Waals surface area contributed by atoms with Crippen LogP contribution in [-0.2, 0) is 0 Å². The highest BCUT2D eigenvalue weighted by molar-refractivity contribution is 6.31. The van der Waals surface area contributed by atoms with Crippen LogP contribution in [-0.4, -0.2) is 16.7 Å². The maximum Gasteiger partial charge on any atom is 0.192 e. The first-order chi connectivity index (χ1) is 10.1. The summed E-state index contributed by atoms with van der Waals surface area (Å²) in [6, 6.07) is 13.3. The van der Waals surface area contributed by atoms with E-state index in [4.69, 9.17) is 11.6 Å². The summed E-state index contributed by atoms with van der Waals surface area (Å²) in [5, 5.41) is 10.8. The number of hydrogen-bond donors (Lipinski definition) is 1. The van der Waals surface area contributed by atoms with Gasteiger partial charge in [-0.1, -0.05) is 54.1 Å². The Balaban J connectivity index is 2.07. The molecule has 0 bridgehead atoms. The summed E-state index contributed by atoms with van der Waals surface area (Å²) in [6.45, 7) is 0. The standard InChI is InChI=1S/C17H11ClO3/c18-14-8-4-3-7-12(14)17(21)13-9-15(19)10-5-1-2-6-11(10)16(13)20/h1-9,17,21H/t17-/m1/s1. The first-order valence-electron chi connectivity index (χ1n) is 6.41. The molecule has 1 atom stereocenters. The molecule has 21 heavy (non-hydrogen) atoms. The van der Waals surface area contributed by atoms with Crippen molar-refractivity contribution in [3.8, 4) is 0 Å². The lowest BCUT2D eigenvalue weighted by Crippen LogP contribution is -2.21. The van der Waals surface area contributed by atoms with Gasteiger partial charge in [0.05, 0.1) is 0 Å². The Morgan fingerprint density at radius 3 is 2.24 bits per heavy atom. The molecule has 1 aliphatic rings. The highest BCUT2D eigenvalue weighted by Crippen LogP contribution is 2.33. The van der Waals surface area contributed by atoms with Gasteiger partial charge in [0.1, 0.15) is 6.10 Å². The van der Waals surface area contributed by atoms with Gasteiger partial charge in [-0.05, 0) is 12.1 Å². The average molecular weight is 299 g/mol. The molecule has 0 saturated heterocycles. The Labute approximate surface area is 126 Å². The number of hydrogen-bond acceptors (Lipinski definition) is 3. The number of carbonyl (C=O) groups excluding carboxylic acids is 2. The maximum absolute atomic E-state index is 12.5. The van der Waals surface area contributed by atoms with Crippen LogP contribution in [0.4, 0.5) is 0 Å². The highest BCUT2D eigenvalue weighted by Gasteiger charge is 2.30. The van der Waals surface area contributed by atoms with E-state index in [9.17, 15) is 14.7 Å². The molecule has 0 spiro atoms. The second-order valence-electron chi connectivity index (χ2n) is 4.76. The minimum atomic E-state index is -1.22. The second-order valence-corrected chi connectivity index (χ2v) is 5.17. The fourth-order valence-electron chi connectivity index (χ4n) is 2.40. The van der Waals surface area contributed by atoms with Crippen molar-refractivity contribution < 1.29 is 14.7 Å². The van der Waals surface area contributed by atoms with Gasteiger partial charge in [0, 0.05) is 27.3 Å². The first kappa shape index (κ1) is 13.7. The SMILES string of the molecule is O=C1C=C([C@H](O)c2ccccc2Cl)C(=O)c2ccccc21. The molecule has 0 radical (unpaired) electrons. The van der Waals surface area contributed by atoms with Gasteiger partial charge >= 0.3 is 0 Å². The normalized spacial score (nSPS) is 15.4. The van der Waals surface area contributed by atoms with Gasteiger partial charge in [0.25, 0.3) is 0 Å². The van der Waals surface area contributed by atoms with E-state index >= 15 is 0 Å². The van der Waals surface area contributed by atoms with Crippen molar-refractivity contribution in [2.45, 2.75) is 6.10 Å². The fraction of sp³-hybridized carbons (Fsp3) is 0.0588. The number of Topliss-reactive ketones (excluding diaryl/α,β-unsaturated/α-hetero) is 1. The first-order valence-corrected chi connectivity index (χ1v) is 6.79. The summed E-state index contributed by atoms with van der Waals surface area (Å²) >= 11 is 6.04. The molecular formula is C17H11ClO3. The third-order valence-electron chi connectivity index (χ3n) is 3.48. The van der Waals surface area contributed by atoms with Crippen molar-refractivity contribution in [2.24, 2.45) is 0 Å².